The Morgan fingerprint density at radius 1 is 1.24 bits per heavy atom. The standard InChI is InChI=1S/C19H29N3O2S/c1-24-19(7-9-20-10-8-19)18(23)21-17-4-2-16(3-5-17)6-11-22-12-14-25-15-13-22/h2-5,20H,6-15H2,1H3,(H,21,23). The minimum Gasteiger partial charge on any atom is -0.368 e. The third-order valence-corrected chi connectivity index (χ3v) is 6.19. The predicted octanol–water partition coefficient (Wildman–Crippen LogP) is 1.99. The van der Waals surface area contributed by atoms with Crippen molar-refractivity contribution in [2.24, 2.45) is 0 Å². The van der Waals surface area contributed by atoms with Crippen LogP contribution in [0.5, 0.6) is 0 Å². The Hall–Kier alpha value is -1.08. The molecule has 2 N–H and O–H groups in total. The molecular formula is C19H29N3O2S. The summed E-state index contributed by atoms with van der Waals surface area (Å²) in [6.45, 7) is 5.15. The highest BCUT2D eigenvalue weighted by Crippen LogP contribution is 2.24. The molecule has 0 spiro atoms. The number of amides is 1. The SMILES string of the molecule is COC1(C(=O)Nc2ccc(CCN3CCSCC3)cc2)CCNCC1. The molecule has 2 heterocycles. The normalized spacial score (nSPS) is 21.0. The van der Waals surface area contributed by atoms with Gasteiger partial charge in [-0.25, -0.2) is 0 Å². The first-order chi connectivity index (χ1) is 12.2. The Morgan fingerprint density at radius 2 is 1.92 bits per heavy atom. The zero-order valence-corrected chi connectivity index (χ0v) is 15.9. The number of hydrogen-bond acceptors (Lipinski definition) is 5. The molecular weight excluding hydrogens is 334 g/mol. The first kappa shape index (κ1) is 18.7. The van der Waals surface area contributed by atoms with Crippen LogP contribution in [0.25, 0.3) is 0 Å². The number of carbonyl (C=O) groups is 1. The molecule has 0 atom stereocenters. The molecule has 0 bridgehead atoms. The minimum atomic E-state index is -0.698. The van der Waals surface area contributed by atoms with Gasteiger partial charge in [0.15, 0.2) is 0 Å². The van der Waals surface area contributed by atoms with E-state index in [0.717, 1.165) is 31.7 Å². The van der Waals surface area contributed by atoms with Crippen molar-refractivity contribution in [3.8, 4) is 0 Å². The van der Waals surface area contributed by atoms with Gasteiger partial charge in [0, 0.05) is 43.9 Å². The summed E-state index contributed by atoms with van der Waals surface area (Å²) in [6.07, 6.45) is 2.48. The predicted molar refractivity (Wildman–Crippen MR) is 104 cm³/mol. The summed E-state index contributed by atoms with van der Waals surface area (Å²) >= 11 is 2.05. The maximum Gasteiger partial charge on any atom is 0.256 e. The summed E-state index contributed by atoms with van der Waals surface area (Å²) in [5.74, 6) is 2.47. The van der Waals surface area contributed by atoms with Crippen molar-refractivity contribution in [1.29, 1.82) is 0 Å². The Bertz CT molecular complexity index is 552. The smallest absolute Gasteiger partial charge is 0.256 e. The number of ether oxygens (including phenoxy) is 1. The third kappa shape index (κ3) is 4.97. The lowest BCUT2D eigenvalue weighted by Crippen LogP contribution is -2.51. The average molecular weight is 364 g/mol. The molecule has 3 rings (SSSR count). The average Bonchev–Trinajstić information content (AvgIpc) is 2.68. The van der Waals surface area contributed by atoms with Crippen LogP contribution in [-0.4, -0.2) is 67.7 Å². The number of anilines is 1. The summed E-state index contributed by atoms with van der Waals surface area (Å²) in [6, 6.07) is 8.25. The van der Waals surface area contributed by atoms with E-state index < -0.39 is 5.60 Å². The van der Waals surface area contributed by atoms with Gasteiger partial charge in [-0.15, -0.1) is 0 Å². The van der Waals surface area contributed by atoms with Gasteiger partial charge in [0.25, 0.3) is 5.91 Å². The van der Waals surface area contributed by atoms with Crippen LogP contribution < -0.4 is 10.6 Å². The molecule has 0 unspecified atom stereocenters. The first-order valence-corrected chi connectivity index (χ1v) is 10.3. The second-order valence-corrected chi connectivity index (χ2v) is 8.03. The van der Waals surface area contributed by atoms with E-state index in [0.29, 0.717) is 12.8 Å². The quantitative estimate of drug-likeness (QED) is 0.810. The number of nitrogens with one attached hydrogen (secondary N) is 2. The summed E-state index contributed by atoms with van der Waals surface area (Å²) in [5.41, 5.74) is 1.47. The van der Waals surface area contributed by atoms with E-state index in [1.54, 1.807) is 7.11 Å². The van der Waals surface area contributed by atoms with Crippen LogP contribution in [-0.2, 0) is 16.0 Å². The molecule has 1 aromatic carbocycles. The Labute approximate surface area is 154 Å². The Kier molecular flexibility index (Phi) is 6.76. The molecule has 2 aliphatic heterocycles. The Morgan fingerprint density at radius 3 is 2.56 bits per heavy atom. The number of rotatable bonds is 6. The van der Waals surface area contributed by atoms with Crippen LogP contribution in [0, 0.1) is 0 Å². The highest BCUT2D eigenvalue weighted by molar-refractivity contribution is 7.99. The zero-order chi connectivity index (χ0) is 17.5. The van der Waals surface area contributed by atoms with Crippen molar-refractivity contribution in [2.45, 2.75) is 24.9 Å². The fourth-order valence-electron chi connectivity index (χ4n) is 3.47. The van der Waals surface area contributed by atoms with Crippen LogP contribution in [0.2, 0.25) is 0 Å². The Balaban J connectivity index is 1.52. The largest absolute Gasteiger partial charge is 0.368 e. The van der Waals surface area contributed by atoms with Crippen LogP contribution in [0.15, 0.2) is 24.3 Å². The van der Waals surface area contributed by atoms with Crippen LogP contribution >= 0.6 is 11.8 Å². The van der Waals surface area contributed by atoms with E-state index in [2.05, 4.69) is 27.7 Å². The van der Waals surface area contributed by atoms with Crippen LogP contribution in [0.3, 0.4) is 0 Å². The molecule has 1 aromatic rings. The molecule has 6 heteroatoms. The van der Waals surface area contributed by atoms with Crippen molar-refractivity contribution in [1.82, 2.24) is 10.2 Å². The maximum atomic E-state index is 12.7. The van der Waals surface area contributed by atoms with Gasteiger partial charge in [-0.3, -0.25) is 4.79 Å². The number of hydrogen-bond donors (Lipinski definition) is 2. The summed E-state index contributed by atoms with van der Waals surface area (Å²) < 4.78 is 5.58. The number of carbonyl (C=O) groups excluding carboxylic acids is 1. The van der Waals surface area contributed by atoms with E-state index in [4.69, 9.17) is 4.74 Å². The van der Waals surface area contributed by atoms with Gasteiger partial charge >= 0.3 is 0 Å². The fourth-order valence-corrected chi connectivity index (χ4v) is 4.44. The number of piperidine rings is 1. The molecule has 138 valence electrons. The number of thioether (sulfide) groups is 1. The van der Waals surface area contributed by atoms with Crippen molar-refractivity contribution in [2.75, 3.05) is 56.7 Å². The molecule has 0 aromatic heterocycles. The van der Waals surface area contributed by atoms with Gasteiger partial charge in [-0.1, -0.05) is 12.1 Å². The molecule has 2 aliphatic rings. The van der Waals surface area contributed by atoms with E-state index in [9.17, 15) is 4.79 Å². The number of methoxy groups -OCH3 is 1. The first-order valence-electron chi connectivity index (χ1n) is 9.18. The monoisotopic (exact) mass is 363 g/mol. The maximum absolute atomic E-state index is 12.7. The van der Waals surface area contributed by atoms with Crippen molar-refractivity contribution in [3.63, 3.8) is 0 Å². The molecule has 2 fully saturated rings. The zero-order valence-electron chi connectivity index (χ0n) is 15.1. The number of nitrogens with zero attached hydrogens (tertiary/aromatic N) is 1. The molecule has 2 saturated heterocycles. The lowest BCUT2D eigenvalue weighted by molar-refractivity contribution is -0.140. The summed E-state index contributed by atoms with van der Waals surface area (Å²) in [7, 11) is 1.63. The van der Waals surface area contributed by atoms with E-state index in [1.165, 1.54) is 30.2 Å². The topological polar surface area (TPSA) is 53.6 Å². The second kappa shape index (κ2) is 9.03. The molecule has 25 heavy (non-hydrogen) atoms. The lowest BCUT2D eigenvalue weighted by atomic mass is 9.91. The molecule has 1 amide bonds. The van der Waals surface area contributed by atoms with Gasteiger partial charge in [-0.2, -0.15) is 11.8 Å². The minimum absolute atomic E-state index is 0.0323. The van der Waals surface area contributed by atoms with Crippen LogP contribution in [0.4, 0.5) is 5.69 Å². The highest BCUT2D eigenvalue weighted by atomic mass is 32.2. The summed E-state index contributed by atoms with van der Waals surface area (Å²) in [4.78, 5) is 15.2. The van der Waals surface area contributed by atoms with Gasteiger partial charge in [0.05, 0.1) is 0 Å². The van der Waals surface area contributed by atoms with E-state index >= 15 is 0 Å². The molecule has 5 nitrogen and oxygen atoms in total. The van der Waals surface area contributed by atoms with Crippen molar-refractivity contribution >= 4 is 23.4 Å². The van der Waals surface area contributed by atoms with E-state index in [1.807, 2.05) is 23.9 Å². The third-order valence-electron chi connectivity index (χ3n) is 5.25. The summed E-state index contributed by atoms with van der Waals surface area (Å²) in [5, 5.41) is 6.31. The lowest BCUT2D eigenvalue weighted by Gasteiger charge is -2.34. The van der Waals surface area contributed by atoms with Crippen molar-refractivity contribution < 1.29 is 9.53 Å². The fraction of sp³-hybridized carbons (Fsp3) is 0.632. The van der Waals surface area contributed by atoms with Gasteiger partial charge < -0.3 is 20.3 Å². The molecule has 0 aliphatic carbocycles. The second-order valence-electron chi connectivity index (χ2n) is 6.80. The molecule has 0 saturated carbocycles. The highest BCUT2D eigenvalue weighted by Gasteiger charge is 2.39. The van der Waals surface area contributed by atoms with Gasteiger partial charge in [0.2, 0.25) is 0 Å². The number of benzene rings is 1. The van der Waals surface area contributed by atoms with Gasteiger partial charge in [-0.05, 0) is 50.0 Å². The van der Waals surface area contributed by atoms with Crippen LogP contribution in [0.1, 0.15) is 18.4 Å². The van der Waals surface area contributed by atoms with Gasteiger partial charge in [0.1, 0.15) is 5.60 Å². The molecule has 0 radical (unpaired) electrons. The van der Waals surface area contributed by atoms with E-state index in [-0.39, 0.29) is 5.91 Å². The van der Waals surface area contributed by atoms with Crippen molar-refractivity contribution in [3.05, 3.63) is 29.8 Å².